The smallest absolute Gasteiger partial charge is 0.150 e. The zero-order valence-electron chi connectivity index (χ0n) is 22.0. The molecule has 1 aliphatic carbocycles. The van der Waals surface area contributed by atoms with Crippen molar-refractivity contribution in [1.82, 2.24) is 4.90 Å². The van der Waals surface area contributed by atoms with Crippen molar-refractivity contribution in [2.45, 2.75) is 97.2 Å². The fraction of sp³-hybridized carbons (Fsp3) is 0.767. The molecule has 2 saturated heterocycles. The Morgan fingerprint density at radius 2 is 1.74 bits per heavy atom. The third-order valence-corrected chi connectivity index (χ3v) is 9.04. The molecule has 1 aromatic rings. The monoisotopic (exact) mass is 468 g/mol. The molecule has 0 N–H and O–H groups in total. The largest absolute Gasteiger partial charge is 0.375 e. The van der Waals surface area contributed by atoms with Crippen LogP contribution >= 0.6 is 0 Å². The van der Waals surface area contributed by atoms with Gasteiger partial charge in [0.05, 0.1) is 12.2 Å². The minimum atomic E-state index is 0.512. The summed E-state index contributed by atoms with van der Waals surface area (Å²) in [4.78, 5) is 16.7. The van der Waals surface area contributed by atoms with Crippen LogP contribution in [-0.4, -0.2) is 56.1 Å². The molecule has 0 bridgehead atoms. The zero-order valence-corrected chi connectivity index (χ0v) is 22.0. The second kappa shape index (κ2) is 12.5. The van der Waals surface area contributed by atoms with E-state index < -0.39 is 0 Å². The van der Waals surface area contributed by atoms with E-state index in [4.69, 9.17) is 4.74 Å². The minimum absolute atomic E-state index is 0.512. The number of likely N-dealkylation sites (tertiary alicyclic amines) is 1. The molecule has 4 heteroatoms. The van der Waals surface area contributed by atoms with Crippen molar-refractivity contribution in [3.63, 3.8) is 0 Å². The predicted molar refractivity (Wildman–Crippen MR) is 142 cm³/mol. The molecule has 0 spiro atoms. The average molecular weight is 469 g/mol. The fourth-order valence-electron chi connectivity index (χ4n) is 6.11. The maximum atomic E-state index is 11.5. The molecule has 3 fully saturated rings. The third kappa shape index (κ3) is 6.85. The van der Waals surface area contributed by atoms with E-state index in [1.165, 1.54) is 82.3 Å². The number of anilines is 1. The highest BCUT2D eigenvalue weighted by Crippen LogP contribution is 2.34. The van der Waals surface area contributed by atoms with Crippen molar-refractivity contribution >= 4 is 12.0 Å². The summed E-state index contributed by atoms with van der Waals surface area (Å²) in [5, 5.41) is 0. The first-order valence-electron chi connectivity index (χ1n) is 14.3. The molecule has 1 unspecified atom stereocenters. The summed E-state index contributed by atoms with van der Waals surface area (Å²) in [7, 11) is 0. The summed E-state index contributed by atoms with van der Waals surface area (Å²) in [5.41, 5.74) is 3.39. The van der Waals surface area contributed by atoms with Crippen molar-refractivity contribution in [2.24, 2.45) is 17.8 Å². The number of ether oxygens (including phenoxy) is 1. The lowest BCUT2D eigenvalue weighted by molar-refractivity contribution is -0.0942. The maximum absolute atomic E-state index is 11.5. The van der Waals surface area contributed by atoms with Gasteiger partial charge in [0.15, 0.2) is 0 Å². The Morgan fingerprint density at radius 3 is 2.38 bits per heavy atom. The molecule has 190 valence electrons. The van der Waals surface area contributed by atoms with Gasteiger partial charge >= 0.3 is 0 Å². The highest BCUT2D eigenvalue weighted by Gasteiger charge is 2.32. The van der Waals surface area contributed by atoms with Crippen LogP contribution < -0.4 is 4.90 Å². The number of carbonyl (C=O) groups excluding carboxylic acids is 1. The van der Waals surface area contributed by atoms with Crippen molar-refractivity contribution in [3.05, 3.63) is 29.3 Å². The van der Waals surface area contributed by atoms with Crippen LogP contribution in [-0.2, 0) is 11.2 Å². The van der Waals surface area contributed by atoms with E-state index in [1.807, 2.05) is 6.07 Å². The Bertz CT molecular complexity index is 759. The molecule has 2 heterocycles. The summed E-state index contributed by atoms with van der Waals surface area (Å²) in [6, 6.07) is 6.48. The van der Waals surface area contributed by atoms with Gasteiger partial charge < -0.3 is 14.5 Å². The van der Waals surface area contributed by atoms with Crippen molar-refractivity contribution < 1.29 is 9.53 Å². The molecule has 1 atom stereocenters. The van der Waals surface area contributed by atoms with Crippen LogP contribution in [0.1, 0.15) is 94.5 Å². The first-order chi connectivity index (χ1) is 16.6. The number of rotatable bonds is 11. The van der Waals surface area contributed by atoms with E-state index in [0.717, 1.165) is 49.6 Å². The molecular weight excluding hydrogens is 420 g/mol. The van der Waals surface area contributed by atoms with Gasteiger partial charge in [0, 0.05) is 37.4 Å². The number of piperidine rings is 2. The molecule has 0 radical (unpaired) electrons. The van der Waals surface area contributed by atoms with Crippen LogP contribution in [0.25, 0.3) is 0 Å². The van der Waals surface area contributed by atoms with Crippen LogP contribution in [0.3, 0.4) is 0 Å². The molecule has 4 nitrogen and oxygen atoms in total. The van der Waals surface area contributed by atoms with E-state index in [-0.39, 0.29) is 0 Å². The number of nitrogens with zero attached hydrogens (tertiary/aromatic N) is 2. The highest BCUT2D eigenvalue weighted by molar-refractivity contribution is 5.78. The standard InChI is InChI=1S/C30H48N2O2/c1-4-23(3)18-27-21-28(7-6-26(27)22-33)32-16-9-25(10-17-32)8-13-31-14-11-29(12-15-31)34-30-19-24(5-2)20-30/h6-7,21-25,29-30H,4-5,8-20H2,1-3H3. The SMILES string of the molecule is CCC(C)Cc1cc(N2CCC(CCN3CCC(OC4CC(CC)C4)CC3)CC2)ccc1C=O. The van der Waals surface area contributed by atoms with Gasteiger partial charge in [-0.2, -0.15) is 0 Å². The molecule has 1 saturated carbocycles. The Morgan fingerprint density at radius 1 is 1.00 bits per heavy atom. The van der Waals surface area contributed by atoms with E-state index in [0.29, 0.717) is 18.1 Å². The second-order valence-electron chi connectivity index (χ2n) is 11.5. The van der Waals surface area contributed by atoms with Crippen molar-refractivity contribution in [1.29, 1.82) is 0 Å². The number of aldehydes is 1. The lowest BCUT2D eigenvalue weighted by Crippen LogP contribution is -2.42. The summed E-state index contributed by atoms with van der Waals surface area (Å²) in [6.07, 6.45) is 14.5. The molecule has 3 aliphatic rings. The number of carbonyl (C=O) groups is 1. The highest BCUT2D eigenvalue weighted by atomic mass is 16.5. The molecular formula is C30H48N2O2. The van der Waals surface area contributed by atoms with E-state index >= 15 is 0 Å². The van der Waals surface area contributed by atoms with Gasteiger partial charge in [0.1, 0.15) is 6.29 Å². The molecule has 1 aromatic carbocycles. The Hall–Kier alpha value is -1.39. The van der Waals surface area contributed by atoms with Gasteiger partial charge in [-0.1, -0.05) is 33.6 Å². The second-order valence-corrected chi connectivity index (χ2v) is 11.5. The zero-order chi connectivity index (χ0) is 23.9. The summed E-state index contributed by atoms with van der Waals surface area (Å²) in [5.74, 6) is 2.39. The van der Waals surface area contributed by atoms with E-state index in [1.54, 1.807) is 0 Å². The van der Waals surface area contributed by atoms with E-state index in [2.05, 4.69) is 42.7 Å². The van der Waals surface area contributed by atoms with Gasteiger partial charge in [-0.25, -0.2) is 0 Å². The topological polar surface area (TPSA) is 32.8 Å². The van der Waals surface area contributed by atoms with Crippen LogP contribution in [0.2, 0.25) is 0 Å². The van der Waals surface area contributed by atoms with Crippen LogP contribution in [0.4, 0.5) is 5.69 Å². The lowest BCUT2D eigenvalue weighted by atomic mass is 9.80. The molecule has 34 heavy (non-hydrogen) atoms. The molecule has 2 aliphatic heterocycles. The minimum Gasteiger partial charge on any atom is -0.375 e. The maximum Gasteiger partial charge on any atom is 0.150 e. The molecule has 0 amide bonds. The van der Waals surface area contributed by atoms with Gasteiger partial charge in [0.2, 0.25) is 0 Å². The Kier molecular flexibility index (Phi) is 9.47. The predicted octanol–water partition coefficient (Wildman–Crippen LogP) is 6.36. The first kappa shape index (κ1) is 25.7. The van der Waals surface area contributed by atoms with Gasteiger partial charge in [-0.15, -0.1) is 0 Å². The van der Waals surface area contributed by atoms with Gasteiger partial charge in [-0.05, 0) is 99.4 Å². The summed E-state index contributed by atoms with van der Waals surface area (Å²) in [6.45, 7) is 12.8. The van der Waals surface area contributed by atoms with Crippen molar-refractivity contribution in [2.75, 3.05) is 37.6 Å². The number of hydrogen-bond donors (Lipinski definition) is 0. The number of benzene rings is 1. The lowest BCUT2D eigenvalue weighted by Gasteiger charge is -2.40. The molecule has 4 rings (SSSR count). The van der Waals surface area contributed by atoms with Crippen LogP contribution in [0, 0.1) is 17.8 Å². The van der Waals surface area contributed by atoms with Gasteiger partial charge in [-0.3, -0.25) is 4.79 Å². The molecule has 0 aromatic heterocycles. The van der Waals surface area contributed by atoms with Crippen LogP contribution in [0.15, 0.2) is 18.2 Å². The summed E-state index contributed by atoms with van der Waals surface area (Å²) < 4.78 is 6.35. The number of hydrogen-bond acceptors (Lipinski definition) is 4. The van der Waals surface area contributed by atoms with Crippen LogP contribution in [0.5, 0.6) is 0 Å². The average Bonchev–Trinajstić information content (AvgIpc) is 2.85. The Labute approximate surface area is 208 Å². The fourth-order valence-corrected chi connectivity index (χ4v) is 6.11. The van der Waals surface area contributed by atoms with Crippen molar-refractivity contribution in [3.8, 4) is 0 Å². The first-order valence-corrected chi connectivity index (χ1v) is 14.3. The Balaban J connectivity index is 1.16. The quantitative estimate of drug-likeness (QED) is 0.354. The normalized spacial score (nSPS) is 25.8. The van der Waals surface area contributed by atoms with E-state index in [9.17, 15) is 4.79 Å². The third-order valence-electron chi connectivity index (χ3n) is 9.04. The van der Waals surface area contributed by atoms with Gasteiger partial charge in [0.25, 0.3) is 0 Å². The summed E-state index contributed by atoms with van der Waals surface area (Å²) >= 11 is 0.